The highest BCUT2D eigenvalue weighted by Gasteiger charge is 2.14. The van der Waals surface area contributed by atoms with Gasteiger partial charge in [-0.3, -0.25) is 4.57 Å². The number of alkyl halides is 1. The summed E-state index contributed by atoms with van der Waals surface area (Å²) in [6, 6.07) is 22.7. The van der Waals surface area contributed by atoms with E-state index in [1.165, 1.54) is 0 Å². The first-order valence-corrected chi connectivity index (χ1v) is 10.5. The maximum atomic E-state index is 13.5. The SMILES string of the molecule is FCC(COCc1ccccc1)Oc1ccc2nc(-c3ccc(-n4cnnc4)cc3)oc2c1. The number of benzene rings is 3. The van der Waals surface area contributed by atoms with E-state index in [2.05, 4.69) is 15.2 Å². The minimum atomic E-state index is -0.709. The zero-order valence-corrected chi connectivity index (χ0v) is 17.7. The van der Waals surface area contributed by atoms with E-state index < -0.39 is 12.8 Å². The number of aromatic nitrogens is 4. The minimum absolute atomic E-state index is 0.143. The Morgan fingerprint density at radius 3 is 2.48 bits per heavy atom. The predicted octanol–water partition coefficient (Wildman–Crippen LogP) is 5.01. The van der Waals surface area contributed by atoms with E-state index in [-0.39, 0.29) is 6.61 Å². The van der Waals surface area contributed by atoms with Crippen molar-refractivity contribution in [3.8, 4) is 22.9 Å². The third kappa shape index (κ3) is 4.91. The molecule has 1 unspecified atom stereocenters. The van der Waals surface area contributed by atoms with Crippen molar-refractivity contribution in [1.82, 2.24) is 19.7 Å². The zero-order valence-electron chi connectivity index (χ0n) is 17.7. The van der Waals surface area contributed by atoms with Gasteiger partial charge in [0, 0.05) is 17.3 Å². The third-order valence-corrected chi connectivity index (χ3v) is 5.08. The van der Waals surface area contributed by atoms with Crippen molar-refractivity contribution in [1.29, 1.82) is 0 Å². The molecule has 0 saturated heterocycles. The first-order chi connectivity index (χ1) is 16.3. The van der Waals surface area contributed by atoms with Gasteiger partial charge in [-0.2, -0.15) is 0 Å². The topological polar surface area (TPSA) is 75.2 Å². The van der Waals surface area contributed by atoms with E-state index >= 15 is 0 Å². The summed E-state index contributed by atoms with van der Waals surface area (Å²) in [4.78, 5) is 4.55. The molecule has 0 aliphatic rings. The summed E-state index contributed by atoms with van der Waals surface area (Å²) in [5.74, 6) is 0.991. The number of nitrogens with zero attached hydrogens (tertiary/aromatic N) is 4. The molecular weight excluding hydrogens is 423 g/mol. The van der Waals surface area contributed by atoms with Crippen molar-refractivity contribution >= 4 is 11.1 Å². The molecule has 5 aromatic rings. The Kier molecular flexibility index (Phi) is 6.08. The molecular formula is C25H21FN4O3. The highest BCUT2D eigenvalue weighted by molar-refractivity contribution is 5.77. The number of hydrogen-bond acceptors (Lipinski definition) is 6. The molecule has 7 nitrogen and oxygen atoms in total. The van der Waals surface area contributed by atoms with Crippen molar-refractivity contribution in [3.05, 3.63) is 91.0 Å². The molecule has 0 aliphatic carbocycles. The van der Waals surface area contributed by atoms with Gasteiger partial charge in [0.1, 0.15) is 30.6 Å². The summed E-state index contributed by atoms with van der Waals surface area (Å²) in [6.45, 7) is -0.113. The fourth-order valence-corrected chi connectivity index (χ4v) is 3.40. The van der Waals surface area contributed by atoms with Gasteiger partial charge in [0.25, 0.3) is 0 Å². The first-order valence-electron chi connectivity index (χ1n) is 10.5. The quantitative estimate of drug-likeness (QED) is 0.318. The molecule has 2 heterocycles. The largest absolute Gasteiger partial charge is 0.485 e. The molecule has 8 heteroatoms. The smallest absolute Gasteiger partial charge is 0.227 e. The van der Waals surface area contributed by atoms with Crippen molar-refractivity contribution in [2.45, 2.75) is 12.7 Å². The van der Waals surface area contributed by atoms with Crippen LogP contribution in [0.3, 0.4) is 0 Å². The van der Waals surface area contributed by atoms with Crippen LogP contribution in [0, 0.1) is 0 Å². The number of rotatable bonds is 9. The molecule has 0 fully saturated rings. The monoisotopic (exact) mass is 444 g/mol. The van der Waals surface area contributed by atoms with Crippen LogP contribution in [0.15, 0.2) is 89.9 Å². The Morgan fingerprint density at radius 2 is 1.73 bits per heavy atom. The van der Waals surface area contributed by atoms with Gasteiger partial charge < -0.3 is 13.9 Å². The van der Waals surface area contributed by atoms with Crippen LogP contribution in [-0.2, 0) is 11.3 Å². The van der Waals surface area contributed by atoms with Gasteiger partial charge in [-0.05, 0) is 42.0 Å². The molecule has 2 aromatic heterocycles. The summed E-state index contributed by atoms with van der Waals surface area (Å²) < 4.78 is 32.6. The summed E-state index contributed by atoms with van der Waals surface area (Å²) in [7, 11) is 0. The molecule has 166 valence electrons. The zero-order chi connectivity index (χ0) is 22.5. The number of hydrogen-bond donors (Lipinski definition) is 0. The van der Waals surface area contributed by atoms with E-state index in [9.17, 15) is 4.39 Å². The maximum Gasteiger partial charge on any atom is 0.227 e. The van der Waals surface area contributed by atoms with Gasteiger partial charge in [-0.1, -0.05) is 30.3 Å². The van der Waals surface area contributed by atoms with Crippen molar-refractivity contribution in [2.75, 3.05) is 13.3 Å². The van der Waals surface area contributed by atoms with Gasteiger partial charge in [0.05, 0.1) is 13.2 Å². The van der Waals surface area contributed by atoms with Crippen LogP contribution in [0.1, 0.15) is 5.56 Å². The molecule has 33 heavy (non-hydrogen) atoms. The average molecular weight is 444 g/mol. The van der Waals surface area contributed by atoms with Crippen LogP contribution < -0.4 is 4.74 Å². The fourth-order valence-electron chi connectivity index (χ4n) is 3.40. The lowest BCUT2D eigenvalue weighted by Crippen LogP contribution is -2.25. The Balaban J connectivity index is 1.25. The predicted molar refractivity (Wildman–Crippen MR) is 121 cm³/mol. The lowest BCUT2D eigenvalue weighted by atomic mass is 10.2. The lowest BCUT2D eigenvalue weighted by molar-refractivity contribution is 0.0298. The molecule has 5 rings (SSSR count). The van der Waals surface area contributed by atoms with Crippen molar-refractivity contribution in [3.63, 3.8) is 0 Å². The Morgan fingerprint density at radius 1 is 0.939 bits per heavy atom. The van der Waals surface area contributed by atoms with E-state index in [1.54, 1.807) is 30.9 Å². The molecule has 0 N–H and O–H groups in total. The van der Waals surface area contributed by atoms with Crippen LogP contribution in [0.2, 0.25) is 0 Å². The van der Waals surface area contributed by atoms with E-state index in [4.69, 9.17) is 13.9 Å². The number of fused-ring (bicyclic) bond motifs is 1. The number of ether oxygens (including phenoxy) is 2. The van der Waals surface area contributed by atoms with Crippen LogP contribution in [0.5, 0.6) is 5.75 Å². The number of halogens is 1. The van der Waals surface area contributed by atoms with Gasteiger partial charge in [-0.15, -0.1) is 10.2 Å². The average Bonchev–Trinajstić information content (AvgIpc) is 3.54. The van der Waals surface area contributed by atoms with Crippen LogP contribution in [0.25, 0.3) is 28.2 Å². The van der Waals surface area contributed by atoms with E-state index in [0.29, 0.717) is 29.3 Å². The Hall–Kier alpha value is -4.04. The highest BCUT2D eigenvalue weighted by atomic mass is 19.1. The Bertz CT molecular complexity index is 1310. The summed E-state index contributed by atoms with van der Waals surface area (Å²) >= 11 is 0. The van der Waals surface area contributed by atoms with Crippen molar-refractivity contribution < 1.29 is 18.3 Å². The van der Waals surface area contributed by atoms with E-state index in [0.717, 1.165) is 16.8 Å². The maximum absolute atomic E-state index is 13.5. The number of oxazole rings is 1. The first kappa shape index (κ1) is 20.8. The van der Waals surface area contributed by atoms with Crippen LogP contribution in [-0.4, -0.2) is 39.1 Å². The standard InChI is InChI=1S/C25H21FN4O3/c26-13-22(15-31-14-18-4-2-1-3-5-18)32-21-10-11-23-24(12-21)33-25(29-23)19-6-8-20(9-7-19)30-16-27-28-17-30/h1-12,16-17,22H,13-15H2. The molecule has 1 atom stereocenters. The normalized spacial score (nSPS) is 12.2. The molecule has 0 aliphatic heterocycles. The van der Waals surface area contributed by atoms with Gasteiger partial charge >= 0.3 is 0 Å². The summed E-state index contributed by atoms with van der Waals surface area (Å²) in [5, 5.41) is 7.62. The van der Waals surface area contributed by atoms with Gasteiger partial charge in [0.15, 0.2) is 11.7 Å². The second kappa shape index (κ2) is 9.62. The molecule has 3 aromatic carbocycles. The molecule has 0 amide bonds. The minimum Gasteiger partial charge on any atom is -0.485 e. The lowest BCUT2D eigenvalue weighted by Gasteiger charge is -2.16. The molecule has 0 saturated carbocycles. The Labute approximate surface area is 189 Å². The van der Waals surface area contributed by atoms with Crippen LogP contribution >= 0.6 is 0 Å². The van der Waals surface area contributed by atoms with E-state index in [1.807, 2.05) is 59.2 Å². The summed E-state index contributed by atoms with van der Waals surface area (Å²) in [5.41, 5.74) is 4.05. The third-order valence-electron chi connectivity index (χ3n) is 5.08. The van der Waals surface area contributed by atoms with Gasteiger partial charge in [-0.25, -0.2) is 9.37 Å². The second-order valence-electron chi connectivity index (χ2n) is 7.46. The molecule has 0 spiro atoms. The summed E-state index contributed by atoms with van der Waals surface area (Å²) in [6.07, 6.45) is 2.56. The fraction of sp³-hybridized carbons (Fsp3) is 0.160. The van der Waals surface area contributed by atoms with Crippen LogP contribution in [0.4, 0.5) is 4.39 Å². The molecule has 0 bridgehead atoms. The second-order valence-corrected chi connectivity index (χ2v) is 7.46. The molecule has 0 radical (unpaired) electrons. The van der Waals surface area contributed by atoms with Gasteiger partial charge in [0.2, 0.25) is 5.89 Å². The highest BCUT2D eigenvalue weighted by Crippen LogP contribution is 2.28. The van der Waals surface area contributed by atoms with Crippen molar-refractivity contribution in [2.24, 2.45) is 0 Å².